The summed E-state index contributed by atoms with van der Waals surface area (Å²) in [5.74, 6) is 0.553. The fourth-order valence-electron chi connectivity index (χ4n) is 2.47. The zero-order valence-corrected chi connectivity index (χ0v) is 14.8. The van der Waals surface area contributed by atoms with Crippen LogP contribution in [0.2, 0.25) is 0 Å². The summed E-state index contributed by atoms with van der Waals surface area (Å²) in [6, 6.07) is 19.2. The lowest BCUT2D eigenvalue weighted by Crippen LogP contribution is -2.11. The fraction of sp³-hybridized carbons (Fsp3) is 0.0500. The van der Waals surface area contributed by atoms with Gasteiger partial charge in [0.2, 0.25) is 5.01 Å². The van der Waals surface area contributed by atoms with Crippen molar-refractivity contribution in [3.05, 3.63) is 77.5 Å². The number of amides is 1. The van der Waals surface area contributed by atoms with Gasteiger partial charge in [0.25, 0.3) is 5.91 Å². The Balaban J connectivity index is 1.50. The van der Waals surface area contributed by atoms with E-state index in [-0.39, 0.29) is 5.91 Å². The van der Waals surface area contributed by atoms with Crippen LogP contribution in [-0.4, -0.2) is 16.1 Å². The molecule has 26 heavy (non-hydrogen) atoms. The lowest BCUT2D eigenvalue weighted by molar-refractivity contribution is 0.102. The Morgan fingerprint density at radius 1 is 0.962 bits per heavy atom. The molecule has 4 rings (SSSR count). The third kappa shape index (κ3) is 3.41. The Labute approximate surface area is 154 Å². The van der Waals surface area contributed by atoms with Crippen LogP contribution in [0.15, 0.2) is 71.3 Å². The zero-order valence-electron chi connectivity index (χ0n) is 14.0. The van der Waals surface area contributed by atoms with E-state index in [9.17, 15) is 4.79 Å². The predicted octanol–water partition coefficient (Wildman–Crippen LogP) is 5.03. The Hall–Kier alpha value is -3.25. The summed E-state index contributed by atoms with van der Waals surface area (Å²) >= 11 is 1.26. The molecular formula is C20H15N3O2S. The molecule has 0 saturated heterocycles. The number of carbonyl (C=O) groups excluding carboxylic acids is 1. The van der Waals surface area contributed by atoms with Crippen molar-refractivity contribution in [1.82, 2.24) is 10.2 Å². The Morgan fingerprint density at radius 2 is 1.69 bits per heavy atom. The Kier molecular flexibility index (Phi) is 4.33. The minimum atomic E-state index is -0.259. The van der Waals surface area contributed by atoms with E-state index in [1.807, 2.05) is 67.6 Å². The van der Waals surface area contributed by atoms with Gasteiger partial charge in [-0.15, -0.1) is 10.2 Å². The van der Waals surface area contributed by atoms with E-state index < -0.39 is 0 Å². The van der Waals surface area contributed by atoms with E-state index in [1.165, 1.54) is 11.3 Å². The van der Waals surface area contributed by atoms with E-state index in [2.05, 4.69) is 15.5 Å². The second-order valence-corrected chi connectivity index (χ2v) is 6.76. The van der Waals surface area contributed by atoms with Gasteiger partial charge >= 0.3 is 0 Å². The minimum Gasteiger partial charge on any atom is -0.464 e. The fourth-order valence-corrected chi connectivity index (χ4v) is 3.22. The van der Waals surface area contributed by atoms with Gasteiger partial charge in [0.15, 0.2) is 0 Å². The summed E-state index contributed by atoms with van der Waals surface area (Å²) in [5, 5.41) is 12.0. The van der Waals surface area contributed by atoms with Crippen molar-refractivity contribution in [2.24, 2.45) is 0 Å². The summed E-state index contributed by atoms with van der Waals surface area (Å²) in [4.78, 5) is 12.3. The van der Waals surface area contributed by atoms with Crippen LogP contribution in [0.4, 0.5) is 5.69 Å². The normalized spacial score (nSPS) is 10.7. The molecule has 2 aromatic heterocycles. The SMILES string of the molecule is Cc1ccc(NC(=O)c2nnc(-c3ccc(-c4ccco4)cc3)s2)cc1. The van der Waals surface area contributed by atoms with Crippen molar-refractivity contribution >= 4 is 22.9 Å². The first kappa shape index (κ1) is 16.2. The number of carbonyl (C=O) groups is 1. The van der Waals surface area contributed by atoms with Gasteiger partial charge in [-0.3, -0.25) is 4.79 Å². The second-order valence-electron chi connectivity index (χ2n) is 5.79. The van der Waals surface area contributed by atoms with Crippen LogP contribution in [0, 0.1) is 6.92 Å². The van der Waals surface area contributed by atoms with Crippen LogP contribution >= 0.6 is 11.3 Å². The number of rotatable bonds is 4. The first-order chi connectivity index (χ1) is 12.7. The number of aryl methyl sites for hydroxylation is 1. The van der Waals surface area contributed by atoms with Crippen molar-refractivity contribution in [2.45, 2.75) is 6.92 Å². The molecule has 0 aliphatic heterocycles. The van der Waals surface area contributed by atoms with Gasteiger partial charge in [-0.25, -0.2) is 0 Å². The number of benzene rings is 2. The van der Waals surface area contributed by atoms with Crippen LogP contribution < -0.4 is 5.32 Å². The van der Waals surface area contributed by atoms with E-state index in [4.69, 9.17) is 4.42 Å². The van der Waals surface area contributed by atoms with Crippen molar-refractivity contribution in [2.75, 3.05) is 5.32 Å². The third-order valence-corrected chi connectivity index (χ3v) is 4.84. The highest BCUT2D eigenvalue weighted by molar-refractivity contribution is 7.16. The average molecular weight is 361 g/mol. The highest BCUT2D eigenvalue weighted by atomic mass is 32.1. The Morgan fingerprint density at radius 3 is 2.38 bits per heavy atom. The molecule has 2 aromatic carbocycles. The number of furan rings is 1. The van der Waals surface area contributed by atoms with Crippen LogP contribution in [0.25, 0.3) is 21.9 Å². The average Bonchev–Trinajstić information content (AvgIpc) is 3.36. The lowest BCUT2D eigenvalue weighted by Gasteiger charge is -2.02. The molecule has 2 heterocycles. The van der Waals surface area contributed by atoms with Crippen LogP contribution in [0.3, 0.4) is 0 Å². The molecule has 0 aliphatic carbocycles. The molecular weight excluding hydrogens is 346 g/mol. The number of aromatic nitrogens is 2. The van der Waals surface area contributed by atoms with Crippen molar-refractivity contribution < 1.29 is 9.21 Å². The number of hydrogen-bond acceptors (Lipinski definition) is 5. The van der Waals surface area contributed by atoms with Crippen molar-refractivity contribution in [1.29, 1.82) is 0 Å². The molecule has 1 amide bonds. The summed E-state index contributed by atoms with van der Waals surface area (Å²) in [5.41, 5.74) is 3.77. The molecule has 1 N–H and O–H groups in total. The topological polar surface area (TPSA) is 68.0 Å². The second kappa shape index (κ2) is 6.93. The first-order valence-electron chi connectivity index (χ1n) is 8.05. The summed E-state index contributed by atoms with van der Waals surface area (Å²) in [7, 11) is 0. The van der Waals surface area contributed by atoms with E-state index in [0.29, 0.717) is 10.0 Å². The monoisotopic (exact) mass is 361 g/mol. The van der Waals surface area contributed by atoms with Gasteiger partial charge < -0.3 is 9.73 Å². The highest BCUT2D eigenvalue weighted by Crippen LogP contribution is 2.27. The smallest absolute Gasteiger partial charge is 0.286 e. The maximum Gasteiger partial charge on any atom is 0.286 e. The van der Waals surface area contributed by atoms with Gasteiger partial charge in [0.05, 0.1) is 6.26 Å². The predicted molar refractivity (Wildman–Crippen MR) is 102 cm³/mol. The summed E-state index contributed by atoms with van der Waals surface area (Å²) < 4.78 is 5.39. The molecule has 0 fully saturated rings. The van der Waals surface area contributed by atoms with Crippen LogP contribution in [0.1, 0.15) is 15.4 Å². The lowest BCUT2D eigenvalue weighted by atomic mass is 10.1. The van der Waals surface area contributed by atoms with E-state index >= 15 is 0 Å². The highest BCUT2D eigenvalue weighted by Gasteiger charge is 2.14. The van der Waals surface area contributed by atoms with Gasteiger partial charge in [-0.2, -0.15) is 0 Å². The van der Waals surface area contributed by atoms with Gasteiger partial charge in [-0.05, 0) is 31.2 Å². The minimum absolute atomic E-state index is 0.259. The van der Waals surface area contributed by atoms with Gasteiger partial charge in [0, 0.05) is 16.8 Å². The molecule has 5 nitrogen and oxygen atoms in total. The quantitative estimate of drug-likeness (QED) is 0.554. The number of hydrogen-bond donors (Lipinski definition) is 1. The maximum atomic E-state index is 12.3. The molecule has 128 valence electrons. The Bertz CT molecular complexity index is 1020. The summed E-state index contributed by atoms with van der Waals surface area (Å²) in [6.07, 6.45) is 1.65. The summed E-state index contributed by atoms with van der Waals surface area (Å²) in [6.45, 7) is 2.00. The number of anilines is 1. The molecule has 0 atom stereocenters. The van der Waals surface area contributed by atoms with Gasteiger partial charge in [-0.1, -0.05) is 53.3 Å². The molecule has 6 heteroatoms. The standard InChI is InChI=1S/C20H15N3O2S/c1-13-4-10-16(11-5-13)21-18(24)20-23-22-19(26-20)15-8-6-14(7-9-15)17-3-2-12-25-17/h2-12H,1H3,(H,21,24). The largest absolute Gasteiger partial charge is 0.464 e. The molecule has 0 spiro atoms. The van der Waals surface area contributed by atoms with Gasteiger partial charge in [0.1, 0.15) is 10.8 Å². The molecule has 0 saturated carbocycles. The van der Waals surface area contributed by atoms with E-state index in [1.54, 1.807) is 6.26 Å². The van der Waals surface area contributed by atoms with Crippen molar-refractivity contribution in [3.63, 3.8) is 0 Å². The molecule has 0 radical (unpaired) electrons. The zero-order chi connectivity index (χ0) is 17.9. The van der Waals surface area contributed by atoms with Crippen molar-refractivity contribution in [3.8, 4) is 21.9 Å². The maximum absolute atomic E-state index is 12.3. The van der Waals surface area contributed by atoms with E-state index in [0.717, 1.165) is 28.1 Å². The molecule has 0 bridgehead atoms. The number of nitrogens with zero attached hydrogens (tertiary/aromatic N) is 2. The number of nitrogens with one attached hydrogen (secondary N) is 1. The first-order valence-corrected chi connectivity index (χ1v) is 8.86. The molecule has 0 unspecified atom stereocenters. The van der Waals surface area contributed by atoms with Crippen LogP contribution in [0.5, 0.6) is 0 Å². The molecule has 0 aliphatic rings. The third-order valence-electron chi connectivity index (χ3n) is 3.87. The molecule has 4 aromatic rings. The van der Waals surface area contributed by atoms with Crippen LogP contribution in [-0.2, 0) is 0 Å².